The Morgan fingerprint density at radius 1 is 1.23 bits per heavy atom. The lowest BCUT2D eigenvalue weighted by atomic mass is 9.93. The first-order chi connectivity index (χ1) is 14.9. The number of aromatic nitrogens is 3. The zero-order chi connectivity index (χ0) is 22.0. The summed E-state index contributed by atoms with van der Waals surface area (Å²) in [6, 6.07) is 9.07. The number of nitrogens with zero attached hydrogens (tertiary/aromatic N) is 3. The highest BCUT2D eigenvalue weighted by Crippen LogP contribution is 2.33. The fourth-order valence-electron chi connectivity index (χ4n) is 3.19. The number of nitrogens with one attached hydrogen (secondary N) is 1. The van der Waals surface area contributed by atoms with Crippen LogP contribution >= 0.6 is 0 Å². The standard InChI is InChI=1S/C21H19F3N4O3/c1-30-17-7-14(6-16(22)20(17)23)10-28-25-9-18(27-28)26-19(29)8-13-2-4-15(5-3-13)21(24)11-31-12-21/h2-7,9H,8,10-12H2,1H3,(H,26,27,29). The normalized spacial score (nSPS) is 14.7. The highest BCUT2D eigenvalue weighted by atomic mass is 19.2. The Bertz CT molecular complexity index is 1100. The van der Waals surface area contributed by atoms with Crippen molar-refractivity contribution in [2.45, 2.75) is 18.6 Å². The molecule has 7 nitrogen and oxygen atoms in total. The first-order valence-electron chi connectivity index (χ1n) is 9.44. The molecule has 1 saturated heterocycles. The molecule has 10 heteroatoms. The minimum absolute atomic E-state index is 0.0415. The Morgan fingerprint density at radius 2 is 1.97 bits per heavy atom. The molecule has 0 aliphatic carbocycles. The minimum atomic E-state index is -1.45. The number of halogens is 3. The van der Waals surface area contributed by atoms with Crippen LogP contribution < -0.4 is 10.1 Å². The van der Waals surface area contributed by atoms with Crippen molar-refractivity contribution in [3.63, 3.8) is 0 Å². The van der Waals surface area contributed by atoms with Crippen molar-refractivity contribution in [3.8, 4) is 5.75 Å². The number of carbonyl (C=O) groups excluding carboxylic acids is 1. The molecule has 0 atom stereocenters. The van der Waals surface area contributed by atoms with Crippen LogP contribution in [0.1, 0.15) is 16.7 Å². The van der Waals surface area contributed by atoms with Crippen molar-refractivity contribution in [1.29, 1.82) is 0 Å². The summed E-state index contributed by atoms with van der Waals surface area (Å²) in [5.41, 5.74) is 0.189. The van der Waals surface area contributed by atoms with Crippen LogP contribution in [0.5, 0.6) is 5.75 Å². The number of hydrogen-bond acceptors (Lipinski definition) is 5. The Morgan fingerprint density at radius 3 is 2.61 bits per heavy atom. The van der Waals surface area contributed by atoms with E-state index in [0.717, 1.165) is 6.07 Å². The molecule has 0 unspecified atom stereocenters. The van der Waals surface area contributed by atoms with Crippen molar-refractivity contribution in [2.75, 3.05) is 25.6 Å². The molecule has 1 aromatic heterocycles. The highest BCUT2D eigenvalue weighted by molar-refractivity contribution is 5.91. The smallest absolute Gasteiger partial charge is 0.230 e. The molecule has 4 rings (SSSR count). The molecule has 0 spiro atoms. The zero-order valence-corrected chi connectivity index (χ0v) is 16.6. The number of rotatable bonds is 7. The van der Waals surface area contributed by atoms with Gasteiger partial charge in [0.25, 0.3) is 0 Å². The maximum absolute atomic E-state index is 14.3. The summed E-state index contributed by atoms with van der Waals surface area (Å²) in [7, 11) is 1.24. The number of methoxy groups -OCH3 is 1. The summed E-state index contributed by atoms with van der Waals surface area (Å²) in [5, 5.41) is 10.7. The molecule has 1 aliphatic heterocycles. The third-order valence-electron chi connectivity index (χ3n) is 4.90. The van der Waals surface area contributed by atoms with Gasteiger partial charge >= 0.3 is 0 Å². The number of ether oxygens (including phenoxy) is 2. The van der Waals surface area contributed by atoms with E-state index in [-0.39, 0.29) is 43.7 Å². The van der Waals surface area contributed by atoms with E-state index in [1.807, 2.05) is 0 Å². The monoisotopic (exact) mass is 432 g/mol. The van der Waals surface area contributed by atoms with E-state index in [4.69, 9.17) is 9.47 Å². The van der Waals surface area contributed by atoms with E-state index in [9.17, 15) is 18.0 Å². The van der Waals surface area contributed by atoms with Gasteiger partial charge in [0, 0.05) is 0 Å². The number of alkyl halides is 1. The lowest BCUT2D eigenvalue weighted by molar-refractivity contribution is -0.135. The lowest BCUT2D eigenvalue weighted by Gasteiger charge is -2.34. The molecule has 3 aromatic rings. The van der Waals surface area contributed by atoms with Gasteiger partial charge in [-0.1, -0.05) is 24.3 Å². The zero-order valence-electron chi connectivity index (χ0n) is 16.6. The molecule has 0 radical (unpaired) electrons. The predicted octanol–water partition coefficient (Wildman–Crippen LogP) is 2.99. The summed E-state index contributed by atoms with van der Waals surface area (Å²) in [6.07, 6.45) is 1.42. The molecular formula is C21H19F3N4O3. The molecule has 1 aliphatic rings. The third kappa shape index (κ3) is 4.53. The Hall–Kier alpha value is -3.40. The van der Waals surface area contributed by atoms with Gasteiger partial charge in [-0.25, -0.2) is 8.78 Å². The van der Waals surface area contributed by atoms with E-state index >= 15 is 0 Å². The summed E-state index contributed by atoms with van der Waals surface area (Å²) < 4.78 is 51.2. The molecule has 1 fully saturated rings. The lowest BCUT2D eigenvalue weighted by Crippen LogP contribution is -2.42. The minimum Gasteiger partial charge on any atom is -0.494 e. The predicted molar refractivity (Wildman–Crippen MR) is 104 cm³/mol. The van der Waals surface area contributed by atoms with Crippen LogP contribution in [0.25, 0.3) is 0 Å². The van der Waals surface area contributed by atoms with Crippen molar-refractivity contribution in [2.24, 2.45) is 0 Å². The van der Waals surface area contributed by atoms with Crippen molar-refractivity contribution < 1.29 is 27.4 Å². The molecule has 1 amide bonds. The Kier molecular flexibility index (Phi) is 5.64. The van der Waals surface area contributed by atoms with Gasteiger partial charge in [0.05, 0.1) is 39.5 Å². The van der Waals surface area contributed by atoms with Gasteiger partial charge in [0.2, 0.25) is 11.7 Å². The molecule has 2 heterocycles. The quantitative estimate of drug-likeness (QED) is 0.621. The van der Waals surface area contributed by atoms with Gasteiger partial charge < -0.3 is 14.8 Å². The average molecular weight is 432 g/mol. The molecular weight excluding hydrogens is 413 g/mol. The molecule has 0 saturated carbocycles. The second-order valence-electron chi connectivity index (χ2n) is 7.23. The molecule has 162 valence electrons. The van der Waals surface area contributed by atoms with E-state index in [1.54, 1.807) is 24.3 Å². The van der Waals surface area contributed by atoms with Gasteiger partial charge in [0.15, 0.2) is 23.1 Å². The Labute approximate surface area is 175 Å². The fraction of sp³-hybridized carbons (Fsp3) is 0.286. The molecule has 0 bridgehead atoms. The number of benzene rings is 2. The van der Waals surface area contributed by atoms with Gasteiger partial charge in [-0.05, 0) is 28.8 Å². The van der Waals surface area contributed by atoms with Crippen LogP contribution in [0.15, 0.2) is 42.6 Å². The van der Waals surface area contributed by atoms with Gasteiger partial charge in [-0.15, -0.1) is 5.10 Å². The van der Waals surface area contributed by atoms with Gasteiger partial charge in [-0.3, -0.25) is 4.79 Å². The first-order valence-corrected chi connectivity index (χ1v) is 9.44. The third-order valence-corrected chi connectivity index (χ3v) is 4.90. The summed E-state index contributed by atoms with van der Waals surface area (Å²) in [5.74, 6) is -2.43. The number of amides is 1. The van der Waals surface area contributed by atoms with Crippen LogP contribution in [0.3, 0.4) is 0 Å². The summed E-state index contributed by atoms with van der Waals surface area (Å²) >= 11 is 0. The summed E-state index contributed by atoms with van der Waals surface area (Å²) in [6.45, 7) is 0.138. The SMILES string of the molecule is COc1cc(Cn2ncc(NC(=O)Cc3ccc(C4(F)COC4)cc3)n2)cc(F)c1F. The fourth-order valence-corrected chi connectivity index (χ4v) is 3.19. The summed E-state index contributed by atoms with van der Waals surface area (Å²) in [4.78, 5) is 13.5. The van der Waals surface area contributed by atoms with Gasteiger partial charge in [0.1, 0.15) is 0 Å². The molecule has 2 aromatic carbocycles. The van der Waals surface area contributed by atoms with E-state index in [0.29, 0.717) is 16.7 Å². The van der Waals surface area contributed by atoms with Crippen molar-refractivity contribution in [3.05, 3.63) is 70.9 Å². The second kappa shape index (κ2) is 8.38. The number of hydrogen-bond donors (Lipinski definition) is 1. The van der Waals surface area contributed by atoms with E-state index < -0.39 is 17.3 Å². The molecule has 1 N–H and O–H groups in total. The van der Waals surface area contributed by atoms with Crippen molar-refractivity contribution >= 4 is 11.7 Å². The number of anilines is 1. The average Bonchev–Trinajstić information content (AvgIpc) is 3.15. The Balaban J connectivity index is 1.35. The topological polar surface area (TPSA) is 78.3 Å². The highest BCUT2D eigenvalue weighted by Gasteiger charge is 2.40. The van der Waals surface area contributed by atoms with Crippen LogP contribution in [0.4, 0.5) is 19.0 Å². The van der Waals surface area contributed by atoms with Gasteiger partial charge in [-0.2, -0.15) is 14.3 Å². The number of carbonyl (C=O) groups is 1. The molecule has 31 heavy (non-hydrogen) atoms. The first kappa shape index (κ1) is 20.9. The largest absolute Gasteiger partial charge is 0.494 e. The maximum atomic E-state index is 14.3. The maximum Gasteiger partial charge on any atom is 0.230 e. The van der Waals surface area contributed by atoms with E-state index in [1.165, 1.54) is 24.2 Å². The van der Waals surface area contributed by atoms with Crippen LogP contribution in [0.2, 0.25) is 0 Å². The van der Waals surface area contributed by atoms with E-state index in [2.05, 4.69) is 15.5 Å². The van der Waals surface area contributed by atoms with Crippen molar-refractivity contribution in [1.82, 2.24) is 15.0 Å². The van der Waals surface area contributed by atoms with Crippen LogP contribution in [0, 0.1) is 11.6 Å². The van der Waals surface area contributed by atoms with Crippen LogP contribution in [-0.2, 0) is 28.2 Å². The second-order valence-corrected chi connectivity index (χ2v) is 7.23. The van der Waals surface area contributed by atoms with Crippen LogP contribution in [-0.4, -0.2) is 41.2 Å².